The van der Waals surface area contributed by atoms with Crippen molar-refractivity contribution in [3.63, 3.8) is 0 Å². The van der Waals surface area contributed by atoms with Gasteiger partial charge in [0.05, 0.1) is 6.20 Å². The Morgan fingerprint density at radius 3 is 2.89 bits per heavy atom. The highest BCUT2D eigenvalue weighted by Crippen LogP contribution is 2.12. The first-order valence-corrected chi connectivity index (χ1v) is 5.68. The average Bonchev–Trinajstić information content (AvgIpc) is 2.87. The summed E-state index contributed by atoms with van der Waals surface area (Å²) in [7, 11) is 0. The van der Waals surface area contributed by atoms with Crippen LogP contribution in [0.5, 0.6) is 0 Å². The van der Waals surface area contributed by atoms with Crippen molar-refractivity contribution in [3.8, 4) is 0 Å². The molecule has 0 aliphatic heterocycles. The van der Waals surface area contributed by atoms with Crippen molar-refractivity contribution in [2.24, 2.45) is 0 Å². The number of anilines is 2. The zero-order valence-electron chi connectivity index (χ0n) is 10.4. The van der Waals surface area contributed by atoms with E-state index in [1.54, 1.807) is 29.2 Å². The van der Waals surface area contributed by atoms with E-state index < -0.39 is 0 Å². The standard InChI is InChI=1S/C11H16N6O/c1-8(2)17-10(3-5-13-17)14-11(18)7-16-6-4-9(12)15-16/h3-6,8H,7H2,1-2H3,(H2,12,15)(H,14,18). The van der Waals surface area contributed by atoms with E-state index in [1.165, 1.54) is 4.68 Å². The number of nitrogens with one attached hydrogen (secondary N) is 1. The van der Waals surface area contributed by atoms with Gasteiger partial charge >= 0.3 is 0 Å². The van der Waals surface area contributed by atoms with Gasteiger partial charge in [0.1, 0.15) is 18.2 Å². The molecule has 0 atom stereocenters. The van der Waals surface area contributed by atoms with Crippen LogP contribution in [0.15, 0.2) is 24.5 Å². The van der Waals surface area contributed by atoms with E-state index in [4.69, 9.17) is 5.73 Å². The van der Waals surface area contributed by atoms with Crippen molar-refractivity contribution < 1.29 is 4.79 Å². The molecule has 0 spiro atoms. The fourth-order valence-corrected chi connectivity index (χ4v) is 1.62. The summed E-state index contributed by atoms with van der Waals surface area (Å²) in [6, 6.07) is 3.59. The third-order valence-corrected chi connectivity index (χ3v) is 2.39. The summed E-state index contributed by atoms with van der Waals surface area (Å²) in [5.41, 5.74) is 5.48. The van der Waals surface area contributed by atoms with Crippen LogP contribution < -0.4 is 11.1 Å². The van der Waals surface area contributed by atoms with Crippen molar-refractivity contribution in [1.29, 1.82) is 0 Å². The van der Waals surface area contributed by atoms with E-state index in [2.05, 4.69) is 15.5 Å². The monoisotopic (exact) mass is 248 g/mol. The molecule has 96 valence electrons. The maximum atomic E-state index is 11.8. The molecule has 0 unspecified atom stereocenters. The van der Waals surface area contributed by atoms with Crippen molar-refractivity contribution >= 4 is 17.5 Å². The van der Waals surface area contributed by atoms with E-state index in [0.29, 0.717) is 11.6 Å². The van der Waals surface area contributed by atoms with Crippen molar-refractivity contribution in [2.45, 2.75) is 26.4 Å². The van der Waals surface area contributed by atoms with Crippen LogP contribution in [0.1, 0.15) is 19.9 Å². The molecule has 2 aromatic rings. The number of nitrogens with zero attached hydrogens (tertiary/aromatic N) is 4. The molecule has 18 heavy (non-hydrogen) atoms. The molecule has 0 aliphatic carbocycles. The zero-order chi connectivity index (χ0) is 13.1. The Morgan fingerprint density at radius 1 is 1.50 bits per heavy atom. The Bertz CT molecular complexity index is 541. The van der Waals surface area contributed by atoms with Crippen LogP contribution in [0.4, 0.5) is 11.6 Å². The molecule has 0 saturated carbocycles. The molecule has 0 saturated heterocycles. The van der Waals surface area contributed by atoms with Gasteiger partial charge < -0.3 is 11.1 Å². The van der Waals surface area contributed by atoms with Crippen LogP contribution in [0, 0.1) is 0 Å². The molecule has 7 nitrogen and oxygen atoms in total. The minimum atomic E-state index is -0.166. The van der Waals surface area contributed by atoms with Crippen molar-refractivity contribution in [2.75, 3.05) is 11.1 Å². The second kappa shape index (κ2) is 4.91. The molecule has 3 N–H and O–H groups in total. The van der Waals surface area contributed by atoms with Crippen LogP contribution in [0.2, 0.25) is 0 Å². The number of carbonyl (C=O) groups excluding carboxylic acids is 1. The number of rotatable bonds is 4. The normalized spacial score (nSPS) is 10.8. The topological polar surface area (TPSA) is 90.8 Å². The van der Waals surface area contributed by atoms with Gasteiger partial charge in [0.15, 0.2) is 0 Å². The Labute approximate surface area is 105 Å². The van der Waals surface area contributed by atoms with Gasteiger partial charge in [-0.25, -0.2) is 4.68 Å². The van der Waals surface area contributed by atoms with Gasteiger partial charge in [-0.3, -0.25) is 9.48 Å². The molecule has 0 radical (unpaired) electrons. The second-order valence-electron chi connectivity index (χ2n) is 4.24. The zero-order valence-corrected chi connectivity index (χ0v) is 10.4. The van der Waals surface area contributed by atoms with E-state index in [1.807, 2.05) is 13.8 Å². The first kappa shape index (κ1) is 12.2. The molecule has 1 amide bonds. The fraction of sp³-hybridized carbons (Fsp3) is 0.364. The molecule has 0 fully saturated rings. The lowest BCUT2D eigenvalue weighted by atomic mass is 10.4. The number of amides is 1. The van der Waals surface area contributed by atoms with E-state index in [-0.39, 0.29) is 18.5 Å². The van der Waals surface area contributed by atoms with E-state index in [9.17, 15) is 4.79 Å². The molecule has 2 aromatic heterocycles. The maximum absolute atomic E-state index is 11.8. The lowest BCUT2D eigenvalue weighted by Gasteiger charge is -2.11. The minimum absolute atomic E-state index is 0.125. The summed E-state index contributed by atoms with van der Waals surface area (Å²) in [6.07, 6.45) is 3.32. The molecule has 0 bridgehead atoms. The average molecular weight is 248 g/mol. The first-order valence-electron chi connectivity index (χ1n) is 5.68. The Balaban J connectivity index is 2.01. The smallest absolute Gasteiger partial charge is 0.247 e. The van der Waals surface area contributed by atoms with Crippen LogP contribution in [-0.2, 0) is 11.3 Å². The van der Waals surface area contributed by atoms with Crippen LogP contribution in [-0.4, -0.2) is 25.5 Å². The Morgan fingerprint density at radius 2 is 2.28 bits per heavy atom. The Kier molecular flexibility index (Phi) is 3.31. The highest BCUT2D eigenvalue weighted by molar-refractivity contribution is 5.89. The summed E-state index contributed by atoms with van der Waals surface area (Å²) in [6.45, 7) is 4.12. The van der Waals surface area contributed by atoms with Crippen molar-refractivity contribution in [3.05, 3.63) is 24.5 Å². The number of nitrogen functional groups attached to an aromatic ring is 1. The third kappa shape index (κ3) is 2.68. The molecular formula is C11H16N6O. The first-order chi connectivity index (χ1) is 8.56. The predicted molar refractivity (Wildman–Crippen MR) is 67.9 cm³/mol. The largest absolute Gasteiger partial charge is 0.382 e. The molecule has 7 heteroatoms. The summed E-state index contributed by atoms with van der Waals surface area (Å²) in [5, 5.41) is 10.9. The van der Waals surface area contributed by atoms with Gasteiger partial charge in [0, 0.05) is 18.3 Å². The Hall–Kier alpha value is -2.31. The third-order valence-electron chi connectivity index (χ3n) is 2.39. The summed E-state index contributed by atoms with van der Waals surface area (Å²) < 4.78 is 3.23. The van der Waals surface area contributed by atoms with Gasteiger partial charge in [0.2, 0.25) is 5.91 Å². The lowest BCUT2D eigenvalue weighted by Crippen LogP contribution is -2.21. The highest BCUT2D eigenvalue weighted by atomic mass is 16.2. The van der Waals surface area contributed by atoms with Crippen LogP contribution in [0.3, 0.4) is 0 Å². The van der Waals surface area contributed by atoms with Crippen molar-refractivity contribution in [1.82, 2.24) is 19.6 Å². The minimum Gasteiger partial charge on any atom is -0.382 e. The fourth-order valence-electron chi connectivity index (χ4n) is 1.62. The van der Waals surface area contributed by atoms with Gasteiger partial charge in [-0.1, -0.05) is 0 Å². The van der Waals surface area contributed by atoms with Gasteiger partial charge in [-0.05, 0) is 19.9 Å². The van der Waals surface area contributed by atoms with Gasteiger partial charge in [-0.15, -0.1) is 0 Å². The maximum Gasteiger partial charge on any atom is 0.247 e. The van der Waals surface area contributed by atoms with Crippen LogP contribution >= 0.6 is 0 Å². The van der Waals surface area contributed by atoms with E-state index >= 15 is 0 Å². The number of nitrogens with two attached hydrogens (primary N) is 1. The summed E-state index contributed by atoms with van der Waals surface area (Å²) >= 11 is 0. The number of aromatic nitrogens is 4. The molecule has 0 aromatic carbocycles. The molecule has 2 rings (SSSR count). The van der Waals surface area contributed by atoms with Crippen LogP contribution in [0.25, 0.3) is 0 Å². The second-order valence-corrected chi connectivity index (χ2v) is 4.24. The molecular weight excluding hydrogens is 232 g/mol. The number of hydrogen-bond donors (Lipinski definition) is 2. The number of carbonyl (C=O) groups is 1. The lowest BCUT2D eigenvalue weighted by molar-refractivity contribution is -0.116. The molecule has 0 aliphatic rings. The highest BCUT2D eigenvalue weighted by Gasteiger charge is 2.10. The van der Waals surface area contributed by atoms with Gasteiger partial charge in [0.25, 0.3) is 0 Å². The SMILES string of the molecule is CC(C)n1nccc1NC(=O)Cn1ccc(N)n1. The van der Waals surface area contributed by atoms with E-state index in [0.717, 1.165) is 0 Å². The summed E-state index contributed by atoms with van der Waals surface area (Å²) in [5.74, 6) is 0.908. The van der Waals surface area contributed by atoms with Gasteiger partial charge in [-0.2, -0.15) is 10.2 Å². The predicted octanol–water partition coefficient (Wildman–Crippen LogP) is 0.881. The number of hydrogen-bond acceptors (Lipinski definition) is 4. The quantitative estimate of drug-likeness (QED) is 0.840. The summed E-state index contributed by atoms with van der Waals surface area (Å²) in [4.78, 5) is 11.8. The molecule has 2 heterocycles.